The summed E-state index contributed by atoms with van der Waals surface area (Å²) in [5, 5.41) is 13.8. The largest absolute Gasteiger partial charge is 0.496 e. The molecule has 0 atom stereocenters. The highest BCUT2D eigenvalue weighted by Gasteiger charge is 2.20. The molecule has 0 heterocycles. The molecule has 114 valence electrons. The number of hydrogen-bond donors (Lipinski definition) is 1. The van der Waals surface area contributed by atoms with Crippen LogP contribution in [0.3, 0.4) is 0 Å². The predicted molar refractivity (Wildman–Crippen MR) is 75.5 cm³/mol. The molecule has 1 fully saturated rings. The average Bonchev–Trinajstić information content (AvgIpc) is 2.97. The number of methoxy groups -OCH3 is 1. The number of nitrogens with one attached hydrogen (secondary N) is 1. The van der Waals surface area contributed by atoms with E-state index in [4.69, 9.17) is 9.47 Å². The molecule has 1 aliphatic carbocycles. The van der Waals surface area contributed by atoms with Crippen molar-refractivity contribution in [3.05, 3.63) is 28.3 Å². The summed E-state index contributed by atoms with van der Waals surface area (Å²) in [6, 6.07) is 4.45. The molecule has 2 rings (SSSR count). The zero-order chi connectivity index (χ0) is 15.2. The molecule has 1 aromatic rings. The number of hydrogen-bond acceptors (Lipinski definition) is 5. The van der Waals surface area contributed by atoms with Gasteiger partial charge >= 0.3 is 5.69 Å². The van der Waals surface area contributed by atoms with E-state index < -0.39 is 4.92 Å². The third kappa shape index (κ3) is 4.08. The molecular weight excluding hydrogens is 276 g/mol. The van der Waals surface area contributed by atoms with Crippen LogP contribution in [-0.2, 0) is 4.79 Å². The lowest BCUT2D eigenvalue weighted by Crippen LogP contribution is -2.36. The van der Waals surface area contributed by atoms with Gasteiger partial charge in [-0.3, -0.25) is 14.9 Å². The lowest BCUT2D eigenvalue weighted by molar-refractivity contribution is -0.385. The van der Waals surface area contributed by atoms with Gasteiger partial charge in [-0.15, -0.1) is 0 Å². The fourth-order valence-corrected chi connectivity index (χ4v) is 2.37. The van der Waals surface area contributed by atoms with Crippen molar-refractivity contribution in [2.75, 3.05) is 13.7 Å². The van der Waals surface area contributed by atoms with Gasteiger partial charge in [0.25, 0.3) is 5.91 Å². The minimum Gasteiger partial charge on any atom is -0.496 e. The first-order valence-corrected chi connectivity index (χ1v) is 6.84. The van der Waals surface area contributed by atoms with Crippen LogP contribution < -0.4 is 14.8 Å². The zero-order valence-corrected chi connectivity index (χ0v) is 11.8. The summed E-state index contributed by atoms with van der Waals surface area (Å²) in [5.41, 5.74) is -0.219. The molecule has 1 amide bonds. The zero-order valence-electron chi connectivity index (χ0n) is 11.8. The van der Waals surface area contributed by atoms with Gasteiger partial charge in [-0.25, -0.2) is 0 Å². The van der Waals surface area contributed by atoms with Crippen LogP contribution in [0.5, 0.6) is 11.5 Å². The highest BCUT2D eigenvalue weighted by atomic mass is 16.6. The topological polar surface area (TPSA) is 90.7 Å². The van der Waals surface area contributed by atoms with E-state index >= 15 is 0 Å². The Kier molecular flexibility index (Phi) is 4.97. The highest BCUT2D eigenvalue weighted by molar-refractivity contribution is 5.78. The smallest absolute Gasteiger partial charge is 0.314 e. The highest BCUT2D eigenvalue weighted by Crippen LogP contribution is 2.30. The summed E-state index contributed by atoms with van der Waals surface area (Å²) in [6.07, 6.45) is 4.20. The van der Waals surface area contributed by atoms with E-state index in [9.17, 15) is 14.9 Å². The van der Waals surface area contributed by atoms with Crippen LogP contribution in [-0.4, -0.2) is 30.6 Å². The summed E-state index contributed by atoms with van der Waals surface area (Å²) in [6.45, 7) is -0.232. The first kappa shape index (κ1) is 15.1. The Balaban J connectivity index is 1.95. The van der Waals surface area contributed by atoms with Gasteiger partial charge < -0.3 is 14.8 Å². The van der Waals surface area contributed by atoms with Crippen LogP contribution in [0, 0.1) is 10.1 Å². The maximum absolute atomic E-state index is 11.7. The molecule has 0 aliphatic heterocycles. The lowest BCUT2D eigenvalue weighted by atomic mass is 10.2. The Morgan fingerprint density at radius 2 is 2.14 bits per heavy atom. The molecule has 0 unspecified atom stereocenters. The number of benzene rings is 1. The van der Waals surface area contributed by atoms with E-state index in [2.05, 4.69) is 5.32 Å². The van der Waals surface area contributed by atoms with E-state index in [1.807, 2.05) is 0 Å². The standard InChI is InChI=1S/C14H18N2O5/c1-20-11-6-7-13(12(8-11)16(18)19)21-9-14(17)15-10-4-2-3-5-10/h6-8,10H,2-5,9H2,1H3,(H,15,17). The minimum atomic E-state index is -0.563. The molecule has 1 saturated carbocycles. The van der Waals surface area contributed by atoms with Crippen LogP contribution in [0.1, 0.15) is 25.7 Å². The number of amides is 1. The van der Waals surface area contributed by atoms with E-state index in [-0.39, 0.29) is 30.0 Å². The van der Waals surface area contributed by atoms with Gasteiger partial charge in [0, 0.05) is 6.04 Å². The number of nitrogens with zero attached hydrogens (tertiary/aromatic N) is 1. The Labute approximate surface area is 122 Å². The second-order valence-electron chi connectivity index (χ2n) is 4.93. The molecule has 7 nitrogen and oxygen atoms in total. The van der Waals surface area contributed by atoms with Crippen molar-refractivity contribution in [1.82, 2.24) is 5.32 Å². The second-order valence-corrected chi connectivity index (χ2v) is 4.93. The van der Waals surface area contributed by atoms with E-state index in [0.717, 1.165) is 25.7 Å². The van der Waals surface area contributed by atoms with Crippen LogP contribution in [0.25, 0.3) is 0 Å². The summed E-state index contributed by atoms with van der Waals surface area (Å²) >= 11 is 0. The molecular formula is C14H18N2O5. The molecule has 0 saturated heterocycles. The minimum absolute atomic E-state index is 0.0578. The number of carbonyl (C=O) groups excluding carboxylic acids is 1. The monoisotopic (exact) mass is 294 g/mol. The molecule has 1 aliphatic rings. The molecule has 21 heavy (non-hydrogen) atoms. The van der Waals surface area contributed by atoms with Gasteiger partial charge in [0.05, 0.1) is 18.1 Å². The number of nitro groups is 1. The molecule has 7 heteroatoms. The summed E-state index contributed by atoms with van der Waals surface area (Å²) in [5.74, 6) is 0.166. The fourth-order valence-electron chi connectivity index (χ4n) is 2.37. The Morgan fingerprint density at radius 1 is 1.43 bits per heavy atom. The van der Waals surface area contributed by atoms with Crippen LogP contribution in [0.4, 0.5) is 5.69 Å². The van der Waals surface area contributed by atoms with Crippen LogP contribution >= 0.6 is 0 Å². The normalized spacial score (nSPS) is 14.7. The van der Waals surface area contributed by atoms with Gasteiger partial charge in [0.1, 0.15) is 5.75 Å². The van der Waals surface area contributed by atoms with Crippen molar-refractivity contribution in [1.29, 1.82) is 0 Å². The van der Waals surface area contributed by atoms with Gasteiger partial charge in [0.15, 0.2) is 12.4 Å². The SMILES string of the molecule is COc1ccc(OCC(=O)NC2CCCC2)c([N+](=O)[O-])c1. The number of ether oxygens (including phenoxy) is 2. The first-order chi connectivity index (χ1) is 10.1. The van der Waals surface area contributed by atoms with Crippen molar-refractivity contribution < 1.29 is 19.2 Å². The molecule has 0 spiro atoms. The van der Waals surface area contributed by atoms with E-state index in [1.54, 1.807) is 6.07 Å². The van der Waals surface area contributed by atoms with Crippen LogP contribution in [0.15, 0.2) is 18.2 Å². The molecule has 1 N–H and O–H groups in total. The van der Waals surface area contributed by atoms with Gasteiger partial charge in [-0.1, -0.05) is 12.8 Å². The van der Waals surface area contributed by atoms with Crippen molar-refractivity contribution in [2.45, 2.75) is 31.7 Å². The summed E-state index contributed by atoms with van der Waals surface area (Å²) in [4.78, 5) is 22.2. The Bertz CT molecular complexity index is 526. The Morgan fingerprint density at radius 3 is 2.76 bits per heavy atom. The van der Waals surface area contributed by atoms with Crippen LogP contribution in [0.2, 0.25) is 0 Å². The van der Waals surface area contributed by atoms with Gasteiger partial charge in [0.2, 0.25) is 0 Å². The average molecular weight is 294 g/mol. The summed E-state index contributed by atoms with van der Waals surface area (Å²) in [7, 11) is 1.43. The van der Waals surface area contributed by atoms with Gasteiger partial charge in [-0.2, -0.15) is 0 Å². The third-order valence-electron chi connectivity index (χ3n) is 3.44. The van der Waals surface area contributed by atoms with Gasteiger partial charge in [-0.05, 0) is 25.0 Å². The second kappa shape index (κ2) is 6.92. The fraction of sp³-hybridized carbons (Fsp3) is 0.500. The number of rotatable bonds is 6. The first-order valence-electron chi connectivity index (χ1n) is 6.84. The molecule has 1 aromatic carbocycles. The third-order valence-corrected chi connectivity index (χ3v) is 3.44. The quantitative estimate of drug-likeness (QED) is 0.640. The van der Waals surface area contributed by atoms with Crippen molar-refractivity contribution >= 4 is 11.6 Å². The van der Waals surface area contributed by atoms with Crippen molar-refractivity contribution in [3.8, 4) is 11.5 Å². The van der Waals surface area contributed by atoms with Crippen molar-refractivity contribution in [3.63, 3.8) is 0 Å². The van der Waals surface area contributed by atoms with E-state index in [0.29, 0.717) is 5.75 Å². The molecule has 0 radical (unpaired) electrons. The van der Waals surface area contributed by atoms with E-state index in [1.165, 1.54) is 19.2 Å². The number of nitro benzene ring substituents is 1. The lowest BCUT2D eigenvalue weighted by Gasteiger charge is -2.12. The number of carbonyl (C=O) groups is 1. The maximum atomic E-state index is 11.7. The Hall–Kier alpha value is -2.31. The predicted octanol–water partition coefficient (Wildman–Crippen LogP) is 2.04. The summed E-state index contributed by atoms with van der Waals surface area (Å²) < 4.78 is 10.2. The maximum Gasteiger partial charge on any atom is 0.314 e. The molecule has 0 aromatic heterocycles. The van der Waals surface area contributed by atoms with Crippen molar-refractivity contribution in [2.24, 2.45) is 0 Å². The molecule has 0 bridgehead atoms.